The molecule has 2 atom stereocenters. The first kappa shape index (κ1) is 28.4. The molecule has 222 valence electrons. The Morgan fingerprint density at radius 3 is 2.48 bits per heavy atom. The molecule has 2 aromatic heterocycles. The topological polar surface area (TPSA) is 131 Å². The molecule has 3 aliphatic rings. The van der Waals surface area contributed by atoms with E-state index in [-0.39, 0.29) is 6.42 Å². The van der Waals surface area contributed by atoms with Gasteiger partial charge in [-0.1, -0.05) is 12.1 Å². The minimum Gasteiger partial charge on any atom is -0.370 e. The number of amides is 1. The van der Waals surface area contributed by atoms with Crippen LogP contribution in [-0.2, 0) is 14.9 Å². The summed E-state index contributed by atoms with van der Waals surface area (Å²) >= 11 is 0. The highest BCUT2D eigenvalue weighted by Gasteiger charge is 2.50. The van der Waals surface area contributed by atoms with Gasteiger partial charge in [-0.05, 0) is 49.1 Å². The molecule has 0 spiro atoms. The number of anilines is 1. The van der Waals surface area contributed by atoms with E-state index in [1.807, 2.05) is 24.3 Å². The number of nitrogens with zero attached hydrogens (tertiary/aromatic N) is 5. The van der Waals surface area contributed by atoms with Gasteiger partial charge in [-0.15, -0.1) is 10.1 Å². The molecule has 3 fully saturated rings. The van der Waals surface area contributed by atoms with E-state index in [1.54, 1.807) is 6.20 Å². The van der Waals surface area contributed by atoms with Gasteiger partial charge in [0, 0.05) is 66.7 Å². The number of nitriles is 1. The smallest absolute Gasteiger partial charge is 0.248 e. The lowest BCUT2D eigenvalue weighted by atomic mass is 9.74. The highest BCUT2D eigenvalue weighted by molar-refractivity contribution is 7.98. The SMILES string of the molecule is N#CC1(NC(=O)[C@@H]2CCC(F)(F)C[C@H]2c2nn(-c3ccc(F)cn3)cc2-c2ccc(N3CC[SH](=N)(O)CC3)cc2)CC1. The summed E-state index contributed by atoms with van der Waals surface area (Å²) < 4.78 is 62.9. The van der Waals surface area contributed by atoms with Crippen LogP contribution in [0.4, 0.5) is 18.9 Å². The Bertz CT molecular complexity index is 1570. The average molecular weight is 600 g/mol. The number of aromatic nitrogens is 3. The molecule has 1 aliphatic heterocycles. The van der Waals surface area contributed by atoms with E-state index in [1.165, 1.54) is 16.8 Å². The minimum atomic E-state index is -3.00. The van der Waals surface area contributed by atoms with Gasteiger partial charge in [0.1, 0.15) is 11.4 Å². The number of rotatable bonds is 6. The fourth-order valence-electron chi connectivity index (χ4n) is 5.86. The van der Waals surface area contributed by atoms with Crippen LogP contribution in [-0.4, -0.2) is 61.3 Å². The van der Waals surface area contributed by atoms with Crippen molar-refractivity contribution in [2.45, 2.75) is 49.5 Å². The summed E-state index contributed by atoms with van der Waals surface area (Å²) in [4.78, 5) is 19.6. The zero-order valence-corrected chi connectivity index (χ0v) is 23.7. The lowest BCUT2D eigenvalue weighted by Gasteiger charge is -2.36. The van der Waals surface area contributed by atoms with Crippen molar-refractivity contribution in [2.75, 3.05) is 29.5 Å². The Labute approximate surface area is 242 Å². The van der Waals surface area contributed by atoms with Crippen molar-refractivity contribution in [1.82, 2.24) is 20.1 Å². The zero-order chi connectivity index (χ0) is 29.7. The maximum atomic E-state index is 14.9. The molecule has 6 rings (SSSR count). The Morgan fingerprint density at radius 1 is 1.14 bits per heavy atom. The molecule has 1 amide bonds. The van der Waals surface area contributed by atoms with Crippen LogP contribution in [0.25, 0.3) is 16.9 Å². The van der Waals surface area contributed by atoms with Gasteiger partial charge in [0.05, 0.1) is 18.0 Å². The van der Waals surface area contributed by atoms with Crippen molar-refractivity contribution in [3.05, 3.63) is 60.3 Å². The molecule has 9 nitrogen and oxygen atoms in total. The number of thiol groups is 1. The Kier molecular flexibility index (Phi) is 7.09. The van der Waals surface area contributed by atoms with Crippen molar-refractivity contribution in [3.63, 3.8) is 0 Å². The van der Waals surface area contributed by atoms with Gasteiger partial charge < -0.3 is 14.8 Å². The molecule has 3 aromatic rings. The van der Waals surface area contributed by atoms with Crippen LogP contribution in [0.2, 0.25) is 0 Å². The average Bonchev–Trinajstić information content (AvgIpc) is 3.59. The molecular weight excluding hydrogens is 567 g/mol. The highest BCUT2D eigenvalue weighted by atomic mass is 32.3. The molecule has 0 bridgehead atoms. The summed E-state index contributed by atoms with van der Waals surface area (Å²) in [6.45, 7) is 1.15. The molecule has 2 aliphatic carbocycles. The second-order valence-corrected chi connectivity index (χ2v) is 14.3. The third-order valence-corrected chi connectivity index (χ3v) is 10.4. The molecule has 2 saturated carbocycles. The molecule has 13 heteroatoms. The van der Waals surface area contributed by atoms with E-state index in [0.29, 0.717) is 60.1 Å². The normalized spacial score (nSPS) is 24.8. The molecule has 1 aromatic carbocycles. The van der Waals surface area contributed by atoms with E-state index in [4.69, 9.17) is 4.78 Å². The summed E-state index contributed by atoms with van der Waals surface area (Å²) in [7, 11) is -2.58. The van der Waals surface area contributed by atoms with Crippen LogP contribution in [0.3, 0.4) is 0 Å². The third kappa shape index (κ3) is 5.78. The summed E-state index contributed by atoms with van der Waals surface area (Å²) in [5, 5.41) is 17.0. The maximum absolute atomic E-state index is 14.9. The summed E-state index contributed by atoms with van der Waals surface area (Å²) in [6, 6.07) is 12.3. The number of nitrogens with one attached hydrogen (secondary N) is 2. The van der Waals surface area contributed by atoms with Crippen molar-refractivity contribution in [1.29, 1.82) is 10.0 Å². The van der Waals surface area contributed by atoms with Gasteiger partial charge in [0.2, 0.25) is 11.8 Å². The summed E-state index contributed by atoms with van der Waals surface area (Å²) in [6.07, 6.45) is 2.72. The largest absolute Gasteiger partial charge is 0.370 e. The number of alkyl halides is 2. The second kappa shape index (κ2) is 10.5. The van der Waals surface area contributed by atoms with E-state index in [9.17, 15) is 27.8 Å². The van der Waals surface area contributed by atoms with Crippen LogP contribution in [0.5, 0.6) is 0 Å². The standard InChI is InChI=1S/C29H32F3N7O2S/c30-20-3-6-25(35-16-20)39-17-24(19-1-4-21(5-2-19)38-11-13-42(34,41)14-12-38)26(37-39)23-15-29(31,32)8-7-22(23)27(40)36-28(18-33)9-10-28/h1-6,16-17,22-23,42H,7-15H2,(H2,34,41)(H,36,40)/t22-,23-/m1/s1. The number of hydrogen-bond donors (Lipinski definition) is 4. The number of benzene rings is 1. The molecular formula is C29H32F3N7O2S. The van der Waals surface area contributed by atoms with Crippen molar-refractivity contribution >= 4 is 21.7 Å². The number of hydrogen-bond acceptors (Lipinski definition) is 6. The first-order chi connectivity index (χ1) is 20.0. The first-order valence-electron chi connectivity index (χ1n) is 14.0. The molecule has 1 saturated heterocycles. The number of carbonyl (C=O) groups excluding carboxylic acids is 1. The Hall–Kier alpha value is -3.76. The second-order valence-electron chi connectivity index (χ2n) is 11.6. The number of carbonyl (C=O) groups is 1. The lowest BCUT2D eigenvalue weighted by molar-refractivity contribution is -0.131. The van der Waals surface area contributed by atoms with Gasteiger partial charge in [-0.3, -0.25) is 9.57 Å². The fraction of sp³-hybridized carbons (Fsp3) is 0.448. The zero-order valence-electron chi connectivity index (χ0n) is 22.8. The van der Waals surface area contributed by atoms with E-state index in [2.05, 4.69) is 26.4 Å². The lowest BCUT2D eigenvalue weighted by Crippen LogP contribution is -2.45. The van der Waals surface area contributed by atoms with Crippen LogP contribution >= 0.6 is 0 Å². The van der Waals surface area contributed by atoms with Crippen LogP contribution in [0.15, 0.2) is 48.8 Å². The fourth-order valence-corrected chi connectivity index (χ4v) is 7.23. The van der Waals surface area contributed by atoms with Gasteiger partial charge in [0.25, 0.3) is 0 Å². The predicted molar refractivity (Wildman–Crippen MR) is 154 cm³/mol. The Morgan fingerprint density at radius 2 is 1.86 bits per heavy atom. The molecule has 3 heterocycles. The van der Waals surface area contributed by atoms with Crippen LogP contribution in [0.1, 0.15) is 43.7 Å². The van der Waals surface area contributed by atoms with E-state index < -0.39 is 58.0 Å². The van der Waals surface area contributed by atoms with Crippen LogP contribution in [0, 0.1) is 27.8 Å². The molecule has 3 N–H and O–H groups in total. The summed E-state index contributed by atoms with van der Waals surface area (Å²) in [5.74, 6) is -4.52. The number of pyridine rings is 1. The Balaban J connectivity index is 1.38. The third-order valence-electron chi connectivity index (χ3n) is 8.55. The molecule has 0 unspecified atom stereocenters. The van der Waals surface area contributed by atoms with Crippen molar-refractivity contribution in [3.8, 4) is 23.0 Å². The molecule has 42 heavy (non-hydrogen) atoms. The quantitative estimate of drug-likeness (QED) is 0.304. The number of halogens is 3. The minimum absolute atomic E-state index is 0.0506. The van der Waals surface area contributed by atoms with E-state index in [0.717, 1.165) is 11.9 Å². The maximum Gasteiger partial charge on any atom is 0.248 e. The first-order valence-corrected chi connectivity index (χ1v) is 16.1. The summed E-state index contributed by atoms with van der Waals surface area (Å²) in [5.41, 5.74) is 1.56. The van der Waals surface area contributed by atoms with Crippen LogP contribution < -0.4 is 10.2 Å². The van der Waals surface area contributed by atoms with Gasteiger partial charge in [0.15, 0.2) is 5.82 Å². The van der Waals surface area contributed by atoms with Crippen molar-refractivity contribution in [2.24, 2.45) is 5.92 Å². The monoisotopic (exact) mass is 599 g/mol. The van der Waals surface area contributed by atoms with Gasteiger partial charge >= 0.3 is 0 Å². The molecule has 0 radical (unpaired) electrons. The van der Waals surface area contributed by atoms with Crippen molar-refractivity contribution < 1.29 is 22.5 Å². The van der Waals surface area contributed by atoms with Gasteiger partial charge in [-0.2, -0.15) is 10.4 Å². The predicted octanol–water partition coefficient (Wildman–Crippen LogP) is 4.71. The van der Waals surface area contributed by atoms with E-state index >= 15 is 0 Å². The van der Waals surface area contributed by atoms with Gasteiger partial charge in [-0.25, -0.2) is 22.8 Å². The highest BCUT2D eigenvalue weighted by Crippen LogP contribution is 2.48.